The molecule has 6 heteroatoms. The molecule has 122 valence electrons. The summed E-state index contributed by atoms with van der Waals surface area (Å²) in [5, 5.41) is 3.93. The van der Waals surface area contributed by atoms with Crippen molar-refractivity contribution in [3.8, 4) is 0 Å². The number of carbonyl (C=O) groups excluding carboxylic acids is 1. The van der Waals surface area contributed by atoms with Crippen molar-refractivity contribution in [3.05, 3.63) is 11.7 Å². The molecule has 0 unspecified atom stereocenters. The van der Waals surface area contributed by atoms with Crippen molar-refractivity contribution in [2.24, 2.45) is 5.92 Å². The molecule has 0 bridgehead atoms. The fourth-order valence-corrected chi connectivity index (χ4v) is 3.55. The molecule has 0 aromatic carbocycles. The number of hydrogen-bond donors (Lipinski definition) is 0. The first-order chi connectivity index (χ1) is 10.7. The van der Waals surface area contributed by atoms with Gasteiger partial charge in [0.05, 0.1) is 6.54 Å². The number of carbonyl (C=O) groups is 1. The van der Waals surface area contributed by atoms with E-state index < -0.39 is 0 Å². The molecule has 0 radical (unpaired) electrons. The van der Waals surface area contributed by atoms with Gasteiger partial charge in [0.15, 0.2) is 5.82 Å². The molecular formula is C16H26N4O2. The number of hydrogen-bond acceptors (Lipinski definition) is 5. The van der Waals surface area contributed by atoms with Crippen LogP contribution in [0.3, 0.4) is 0 Å². The molecule has 1 amide bonds. The SMILES string of the molecule is Cc1nc(CN2CCN(C(=O)CCC3CCCC3)CC2)no1. The van der Waals surface area contributed by atoms with Gasteiger partial charge < -0.3 is 9.42 Å². The van der Waals surface area contributed by atoms with Crippen LogP contribution in [-0.2, 0) is 11.3 Å². The van der Waals surface area contributed by atoms with Gasteiger partial charge in [0, 0.05) is 39.5 Å². The molecule has 3 rings (SSSR count). The topological polar surface area (TPSA) is 62.5 Å². The summed E-state index contributed by atoms with van der Waals surface area (Å²) in [5.74, 6) is 2.47. The molecule has 2 aliphatic rings. The minimum atomic E-state index is 0.335. The van der Waals surface area contributed by atoms with E-state index in [1.54, 1.807) is 6.92 Å². The van der Waals surface area contributed by atoms with Gasteiger partial charge in [0.25, 0.3) is 0 Å². The van der Waals surface area contributed by atoms with Crippen LogP contribution in [0.4, 0.5) is 0 Å². The smallest absolute Gasteiger partial charge is 0.223 e. The van der Waals surface area contributed by atoms with E-state index in [0.29, 0.717) is 18.3 Å². The zero-order valence-corrected chi connectivity index (χ0v) is 13.5. The van der Waals surface area contributed by atoms with E-state index in [0.717, 1.165) is 50.8 Å². The normalized spacial score (nSPS) is 20.7. The zero-order chi connectivity index (χ0) is 15.4. The minimum absolute atomic E-state index is 0.335. The Hall–Kier alpha value is -1.43. The second kappa shape index (κ2) is 7.22. The van der Waals surface area contributed by atoms with Crippen LogP contribution in [0.2, 0.25) is 0 Å². The molecule has 6 nitrogen and oxygen atoms in total. The predicted molar refractivity (Wildman–Crippen MR) is 82.1 cm³/mol. The van der Waals surface area contributed by atoms with Crippen molar-refractivity contribution in [3.63, 3.8) is 0 Å². The van der Waals surface area contributed by atoms with E-state index in [1.807, 2.05) is 4.90 Å². The molecule has 2 fully saturated rings. The van der Waals surface area contributed by atoms with Gasteiger partial charge in [-0.3, -0.25) is 9.69 Å². The summed E-state index contributed by atoms with van der Waals surface area (Å²) >= 11 is 0. The highest BCUT2D eigenvalue weighted by molar-refractivity contribution is 5.76. The molecule has 1 saturated heterocycles. The maximum absolute atomic E-state index is 12.3. The lowest BCUT2D eigenvalue weighted by Gasteiger charge is -2.34. The third-order valence-corrected chi connectivity index (χ3v) is 4.90. The lowest BCUT2D eigenvalue weighted by molar-refractivity contribution is -0.133. The van der Waals surface area contributed by atoms with Gasteiger partial charge >= 0.3 is 0 Å². The van der Waals surface area contributed by atoms with Gasteiger partial charge in [0.1, 0.15) is 0 Å². The molecule has 22 heavy (non-hydrogen) atoms. The Morgan fingerprint density at radius 1 is 1.23 bits per heavy atom. The maximum Gasteiger partial charge on any atom is 0.223 e. The van der Waals surface area contributed by atoms with Crippen LogP contribution in [0, 0.1) is 12.8 Å². The van der Waals surface area contributed by atoms with E-state index >= 15 is 0 Å². The first-order valence-corrected chi connectivity index (χ1v) is 8.50. The van der Waals surface area contributed by atoms with Crippen LogP contribution in [0.15, 0.2) is 4.52 Å². The summed E-state index contributed by atoms with van der Waals surface area (Å²) < 4.78 is 4.99. The Labute approximate surface area is 131 Å². The Morgan fingerprint density at radius 2 is 1.95 bits per heavy atom. The number of aromatic nitrogens is 2. The monoisotopic (exact) mass is 306 g/mol. The van der Waals surface area contributed by atoms with Crippen LogP contribution >= 0.6 is 0 Å². The van der Waals surface area contributed by atoms with E-state index in [2.05, 4.69) is 15.0 Å². The second-order valence-corrected chi connectivity index (χ2v) is 6.58. The average molecular weight is 306 g/mol. The lowest BCUT2D eigenvalue weighted by Crippen LogP contribution is -2.48. The van der Waals surface area contributed by atoms with Gasteiger partial charge in [-0.25, -0.2) is 0 Å². The van der Waals surface area contributed by atoms with Crippen molar-refractivity contribution >= 4 is 5.91 Å². The third kappa shape index (κ3) is 4.06. The molecule has 1 aliphatic carbocycles. The highest BCUT2D eigenvalue weighted by Crippen LogP contribution is 2.28. The number of aryl methyl sites for hydroxylation is 1. The van der Waals surface area contributed by atoms with Crippen molar-refractivity contribution in [1.29, 1.82) is 0 Å². The minimum Gasteiger partial charge on any atom is -0.340 e. The van der Waals surface area contributed by atoms with Crippen LogP contribution in [0.5, 0.6) is 0 Å². The molecule has 2 heterocycles. The number of rotatable bonds is 5. The van der Waals surface area contributed by atoms with Gasteiger partial charge in [-0.1, -0.05) is 30.8 Å². The summed E-state index contributed by atoms with van der Waals surface area (Å²) in [4.78, 5) is 20.8. The van der Waals surface area contributed by atoms with Crippen molar-refractivity contribution in [1.82, 2.24) is 19.9 Å². The first-order valence-electron chi connectivity index (χ1n) is 8.50. The highest BCUT2D eigenvalue weighted by atomic mass is 16.5. The standard InChI is InChI=1S/C16H26N4O2/c1-13-17-15(18-22-13)12-19-8-10-20(11-9-19)16(21)7-6-14-4-2-3-5-14/h14H,2-12H2,1H3. The fraction of sp³-hybridized carbons (Fsp3) is 0.812. The van der Waals surface area contributed by atoms with Crippen molar-refractivity contribution in [2.75, 3.05) is 26.2 Å². The molecular weight excluding hydrogens is 280 g/mol. The molecule has 0 atom stereocenters. The number of piperazine rings is 1. The number of nitrogens with zero attached hydrogens (tertiary/aromatic N) is 4. The molecule has 1 aromatic rings. The van der Waals surface area contributed by atoms with E-state index in [9.17, 15) is 4.79 Å². The van der Waals surface area contributed by atoms with Crippen LogP contribution in [-0.4, -0.2) is 52.0 Å². The summed E-state index contributed by atoms with van der Waals surface area (Å²) in [6, 6.07) is 0. The quantitative estimate of drug-likeness (QED) is 0.832. The van der Waals surface area contributed by atoms with Gasteiger partial charge in [-0.15, -0.1) is 0 Å². The first kappa shape index (κ1) is 15.5. The largest absolute Gasteiger partial charge is 0.340 e. The Morgan fingerprint density at radius 3 is 2.59 bits per heavy atom. The Balaban J connectivity index is 1.38. The molecule has 1 saturated carbocycles. The van der Waals surface area contributed by atoms with Crippen LogP contribution in [0.1, 0.15) is 50.2 Å². The van der Waals surface area contributed by atoms with Crippen molar-refractivity contribution in [2.45, 2.75) is 52.0 Å². The van der Waals surface area contributed by atoms with Gasteiger partial charge in [-0.05, 0) is 12.3 Å². The molecule has 0 N–H and O–H groups in total. The zero-order valence-electron chi connectivity index (χ0n) is 13.5. The highest BCUT2D eigenvalue weighted by Gasteiger charge is 2.23. The Kier molecular flexibility index (Phi) is 5.08. The molecule has 1 aromatic heterocycles. The summed E-state index contributed by atoms with van der Waals surface area (Å²) in [6.45, 7) is 5.94. The van der Waals surface area contributed by atoms with E-state index in [1.165, 1.54) is 25.7 Å². The van der Waals surface area contributed by atoms with Gasteiger partial charge in [-0.2, -0.15) is 4.98 Å². The molecule has 1 aliphatic heterocycles. The third-order valence-electron chi connectivity index (χ3n) is 4.90. The van der Waals surface area contributed by atoms with E-state index in [-0.39, 0.29) is 0 Å². The summed E-state index contributed by atoms with van der Waals surface area (Å²) in [5.41, 5.74) is 0. The average Bonchev–Trinajstić information content (AvgIpc) is 3.17. The van der Waals surface area contributed by atoms with E-state index in [4.69, 9.17) is 4.52 Å². The lowest BCUT2D eigenvalue weighted by atomic mass is 10.0. The fourth-order valence-electron chi connectivity index (χ4n) is 3.55. The van der Waals surface area contributed by atoms with Crippen LogP contribution in [0.25, 0.3) is 0 Å². The summed E-state index contributed by atoms with van der Waals surface area (Å²) in [6.07, 6.45) is 7.17. The predicted octanol–water partition coefficient (Wildman–Crippen LogP) is 1.99. The Bertz CT molecular complexity index is 488. The van der Waals surface area contributed by atoms with Crippen molar-refractivity contribution < 1.29 is 9.32 Å². The summed E-state index contributed by atoms with van der Waals surface area (Å²) in [7, 11) is 0. The second-order valence-electron chi connectivity index (χ2n) is 6.58. The van der Waals surface area contributed by atoms with Crippen LogP contribution < -0.4 is 0 Å². The van der Waals surface area contributed by atoms with Gasteiger partial charge in [0.2, 0.25) is 11.8 Å². The molecule has 0 spiro atoms. The number of amides is 1. The maximum atomic E-state index is 12.3.